The number of carbonyl (C=O) groups is 1. The molecule has 5 rings (SSSR count). The second-order valence-electron chi connectivity index (χ2n) is 9.59. The maximum atomic E-state index is 13.0. The highest BCUT2D eigenvalue weighted by molar-refractivity contribution is 6.17. The van der Waals surface area contributed by atoms with Gasteiger partial charge in [-0.2, -0.15) is 13.2 Å². The highest BCUT2D eigenvalue weighted by Crippen LogP contribution is 2.36. The van der Waals surface area contributed by atoms with Gasteiger partial charge in [-0.15, -0.1) is 11.6 Å². The van der Waals surface area contributed by atoms with Gasteiger partial charge in [-0.05, 0) is 104 Å². The third-order valence-corrected chi connectivity index (χ3v) is 7.35. The fourth-order valence-corrected chi connectivity index (χ4v) is 5.38. The lowest BCUT2D eigenvalue weighted by molar-refractivity contribution is -0.137. The lowest BCUT2D eigenvalue weighted by Gasteiger charge is -2.14. The molecule has 0 amide bonds. The zero-order chi connectivity index (χ0) is 26.9. The van der Waals surface area contributed by atoms with Crippen molar-refractivity contribution >= 4 is 28.5 Å². The van der Waals surface area contributed by atoms with Crippen LogP contribution in [-0.2, 0) is 12.6 Å². The fourth-order valence-electron chi connectivity index (χ4n) is 5.25. The van der Waals surface area contributed by atoms with Gasteiger partial charge in [-0.1, -0.05) is 18.2 Å². The molecule has 1 fully saturated rings. The van der Waals surface area contributed by atoms with Crippen LogP contribution < -0.4 is 10.9 Å². The van der Waals surface area contributed by atoms with E-state index in [2.05, 4.69) is 0 Å². The molecule has 1 heterocycles. The topological polar surface area (TPSA) is 86.5 Å². The molecule has 0 bridgehead atoms. The zero-order valence-corrected chi connectivity index (χ0v) is 22.1. The number of nitrogens with zero attached hydrogens (tertiary/aromatic N) is 1. The average Bonchev–Trinajstić information content (AvgIpc) is 3.53. The van der Waals surface area contributed by atoms with Crippen LogP contribution >= 0.6 is 11.6 Å². The SMILES string of the molecule is N.O=C(O)c1c(CCCCl)c2cc(-c3ccc(C(F)(F)F)cc3)ccc2n1-c1ccc(OC2CCCC2)cc1. The summed E-state index contributed by atoms with van der Waals surface area (Å²) in [7, 11) is 0. The number of rotatable bonds is 8. The van der Waals surface area contributed by atoms with Gasteiger partial charge in [-0.3, -0.25) is 0 Å². The number of halogens is 4. The lowest BCUT2D eigenvalue weighted by Crippen LogP contribution is -2.11. The van der Waals surface area contributed by atoms with Crippen molar-refractivity contribution in [1.82, 2.24) is 10.7 Å². The molecule has 4 N–H and O–H groups in total. The Morgan fingerprint density at radius 1 is 0.974 bits per heavy atom. The number of alkyl halides is 4. The van der Waals surface area contributed by atoms with E-state index < -0.39 is 17.7 Å². The van der Waals surface area contributed by atoms with Crippen molar-refractivity contribution < 1.29 is 27.8 Å². The third kappa shape index (κ3) is 5.92. The molecule has 39 heavy (non-hydrogen) atoms. The van der Waals surface area contributed by atoms with Gasteiger partial charge in [0.25, 0.3) is 0 Å². The van der Waals surface area contributed by atoms with E-state index >= 15 is 0 Å². The van der Waals surface area contributed by atoms with Crippen molar-refractivity contribution in [3.05, 3.63) is 83.6 Å². The number of benzene rings is 3. The van der Waals surface area contributed by atoms with E-state index in [0.29, 0.717) is 46.6 Å². The van der Waals surface area contributed by atoms with Gasteiger partial charge in [0.2, 0.25) is 0 Å². The number of fused-ring (bicyclic) bond motifs is 1. The van der Waals surface area contributed by atoms with E-state index in [1.54, 1.807) is 10.6 Å². The van der Waals surface area contributed by atoms with Gasteiger partial charge in [-0.25, -0.2) is 4.79 Å². The number of ether oxygens (including phenoxy) is 1. The summed E-state index contributed by atoms with van der Waals surface area (Å²) in [5, 5.41) is 11.0. The summed E-state index contributed by atoms with van der Waals surface area (Å²) in [5.41, 5.74) is 2.78. The third-order valence-electron chi connectivity index (χ3n) is 7.08. The van der Waals surface area contributed by atoms with Crippen LogP contribution in [0.3, 0.4) is 0 Å². The second kappa shape index (κ2) is 11.7. The Kier molecular flexibility index (Phi) is 8.57. The number of hydrogen-bond donors (Lipinski definition) is 2. The molecule has 3 aromatic carbocycles. The zero-order valence-electron chi connectivity index (χ0n) is 21.3. The van der Waals surface area contributed by atoms with Gasteiger partial charge in [0.1, 0.15) is 11.4 Å². The number of carboxylic acids is 1. The maximum absolute atomic E-state index is 13.0. The minimum Gasteiger partial charge on any atom is -0.490 e. The van der Waals surface area contributed by atoms with Gasteiger partial charge in [0.15, 0.2) is 0 Å². The minimum atomic E-state index is -4.41. The molecule has 0 radical (unpaired) electrons. The molecule has 5 nitrogen and oxygen atoms in total. The molecule has 206 valence electrons. The van der Waals surface area contributed by atoms with Crippen LogP contribution in [-0.4, -0.2) is 27.6 Å². The first-order valence-electron chi connectivity index (χ1n) is 12.7. The second-order valence-corrected chi connectivity index (χ2v) is 9.96. The number of aryl methyl sites for hydroxylation is 1. The fraction of sp³-hybridized carbons (Fsp3) is 0.300. The van der Waals surface area contributed by atoms with E-state index in [9.17, 15) is 23.1 Å². The monoisotopic (exact) mass is 558 g/mol. The Hall–Kier alpha value is -3.49. The highest BCUT2D eigenvalue weighted by Gasteiger charge is 2.30. The molecule has 0 aliphatic heterocycles. The first-order valence-corrected chi connectivity index (χ1v) is 13.2. The van der Waals surface area contributed by atoms with Crippen molar-refractivity contribution in [2.24, 2.45) is 0 Å². The Morgan fingerprint density at radius 3 is 2.21 bits per heavy atom. The number of aromatic carboxylic acids is 1. The van der Waals surface area contributed by atoms with E-state index in [1.165, 1.54) is 25.0 Å². The summed E-state index contributed by atoms with van der Waals surface area (Å²) in [6.45, 7) is 0. The maximum Gasteiger partial charge on any atom is 0.416 e. The van der Waals surface area contributed by atoms with E-state index in [-0.39, 0.29) is 17.9 Å². The minimum absolute atomic E-state index is 0. The summed E-state index contributed by atoms with van der Waals surface area (Å²) >= 11 is 5.96. The number of aromatic nitrogens is 1. The molecule has 1 aromatic heterocycles. The summed E-state index contributed by atoms with van der Waals surface area (Å²) < 4.78 is 46.9. The normalized spacial score (nSPS) is 13.9. The van der Waals surface area contributed by atoms with Crippen LogP contribution in [0, 0.1) is 0 Å². The summed E-state index contributed by atoms with van der Waals surface area (Å²) in [6.07, 6.45) is 1.25. The molecular formula is C30H30ClF3N2O3. The molecule has 0 saturated heterocycles. The van der Waals surface area contributed by atoms with Crippen molar-refractivity contribution in [3.63, 3.8) is 0 Å². The van der Waals surface area contributed by atoms with E-state index in [4.69, 9.17) is 16.3 Å². The Bertz CT molecular complexity index is 1440. The van der Waals surface area contributed by atoms with Gasteiger partial charge >= 0.3 is 12.1 Å². The van der Waals surface area contributed by atoms with E-state index in [0.717, 1.165) is 36.1 Å². The lowest BCUT2D eigenvalue weighted by atomic mass is 9.99. The summed E-state index contributed by atoms with van der Waals surface area (Å²) in [5.74, 6) is 0.0615. The van der Waals surface area contributed by atoms with Crippen molar-refractivity contribution in [2.75, 3.05) is 5.88 Å². The smallest absolute Gasteiger partial charge is 0.416 e. The van der Waals surface area contributed by atoms with Gasteiger partial charge < -0.3 is 20.6 Å². The first kappa shape index (κ1) is 28.5. The Balaban J connectivity index is 0.00000353. The standard InChI is InChI=1S/C30H27ClF3NO3.H3N/c31-17-3-6-25-26-18-20(19-7-10-21(11-8-19)30(32,33)34)9-16-27(26)35(28(25)29(36)37)22-12-14-24(15-13-22)38-23-4-1-2-5-23;/h7-16,18,23H,1-6,17H2,(H,36,37);1H3. The number of carboxylic acid groups (broad SMARTS) is 1. The molecular weight excluding hydrogens is 529 g/mol. The number of hydrogen-bond acceptors (Lipinski definition) is 3. The van der Waals surface area contributed by atoms with E-state index in [1.807, 2.05) is 36.4 Å². The van der Waals surface area contributed by atoms with Crippen LogP contribution in [0.4, 0.5) is 13.2 Å². The van der Waals surface area contributed by atoms with Crippen LogP contribution in [0.2, 0.25) is 0 Å². The molecule has 0 atom stereocenters. The summed E-state index contributed by atoms with van der Waals surface area (Å²) in [6, 6.07) is 17.9. The largest absolute Gasteiger partial charge is 0.490 e. The van der Waals surface area contributed by atoms with Gasteiger partial charge in [0, 0.05) is 17.0 Å². The van der Waals surface area contributed by atoms with Crippen LogP contribution in [0.1, 0.15) is 53.7 Å². The van der Waals surface area contributed by atoms with Crippen molar-refractivity contribution in [1.29, 1.82) is 0 Å². The highest BCUT2D eigenvalue weighted by atomic mass is 35.5. The Labute approximate surface area is 229 Å². The van der Waals surface area contributed by atoms with Gasteiger partial charge in [0.05, 0.1) is 17.2 Å². The molecule has 0 unspecified atom stereocenters. The molecule has 9 heteroatoms. The molecule has 1 aliphatic rings. The van der Waals surface area contributed by atoms with Crippen LogP contribution in [0.5, 0.6) is 5.75 Å². The molecule has 1 saturated carbocycles. The van der Waals surface area contributed by atoms with Crippen molar-refractivity contribution in [3.8, 4) is 22.6 Å². The Morgan fingerprint density at radius 2 is 1.62 bits per heavy atom. The quantitative estimate of drug-likeness (QED) is 0.212. The molecule has 0 spiro atoms. The first-order chi connectivity index (χ1) is 18.3. The van der Waals surface area contributed by atoms with Crippen molar-refractivity contribution in [2.45, 2.75) is 50.8 Å². The van der Waals surface area contributed by atoms with Crippen LogP contribution in [0.25, 0.3) is 27.7 Å². The predicted octanol–water partition coefficient (Wildman–Crippen LogP) is 8.67. The predicted molar refractivity (Wildman–Crippen MR) is 148 cm³/mol. The summed E-state index contributed by atoms with van der Waals surface area (Å²) in [4.78, 5) is 12.5. The average molecular weight is 559 g/mol. The molecule has 4 aromatic rings. The van der Waals surface area contributed by atoms with Crippen LogP contribution in [0.15, 0.2) is 66.7 Å². The molecule has 1 aliphatic carbocycles.